The molecule has 0 saturated heterocycles. The predicted octanol–water partition coefficient (Wildman–Crippen LogP) is 2.46. The van der Waals surface area contributed by atoms with Crippen LogP contribution < -0.4 is 10.1 Å². The van der Waals surface area contributed by atoms with Gasteiger partial charge in [0, 0.05) is 17.8 Å². The van der Waals surface area contributed by atoms with Crippen molar-refractivity contribution in [2.24, 2.45) is 0 Å². The summed E-state index contributed by atoms with van der Waals surface area (Å²) in [6, 6.07) is 12.5. The molecule has 0 spiro atoms. The number of esters is 1. The molecule has 0 aliphatic rings. The van der Waals surface area contributed by atoms with Gasteiger partial charge < -0.3 is 14.8 Å². The molecule has 0 unspecified atom stereocenters. The smallest absolute Gasteiger partial charge is 0.344 e. The third-order valence-electron chi connectivity index (χ3n) is 3.07. The average Bonchev–Trinajstić information content (AvgIpc) is 2.58. The maximum atomic E-state index is 11.7. The van der Waals surface area contributed by atoms with Crippen LogP contribution in [-0.4, -0.2) is 30.0 Å². The molecule has 0 radical (unpaired) electrons. The van der Waals surface area contributed by atoms with Crippen LogP contribution in [0.3, 0.4) is 0 Å². The highest BCUT2D eigenvalue weighted by Gasteiger charge is 2.10. The number of benzene rings is 2. The van der Waals surface area contributed by atoms with E-state index in [0.717, 1.165) is 5.56 Å². The van der Waals surface area contributed by atoms with Gasteiger partial charge in [0.05, 0.1) is 4.92 Å². The number of rotatable bonds is 7. The Labute approximate surface area is 143 Å². The van der Waals surface area contributed by atoms with Crippen molar-refractivity contribution in [2.45, 2.75) is 6.92 Å². The molecule has 8 heteroatoms. The lowest BCUT2D eigenvalue weighted by molar-refractivity contribution is -0.384. The number of anilines is 1. The quantitative estimate of drug-likeness (QED) is 0.469. The van der Waals surface area contributed by atoms with Gasteiger partial charge in [-0.25, -0.2) is 4.79 Å². The molecule has 1 N–H and O–H groups in total. The largest absolute Gasteiger partial charge is 0.482 e. The molecule has 1 amide bonds. The number of hydrogen-bond donors (Lipinski definition) is 1. The maximum Gasteiger partial charge on any atom is 0.344 e. The summed E-state index contributed by atoms with van der Waals surface area (Å²) in [5.41, 5.74) is 1.27. The van der Waals surface area contributed by atoms with Crippen LogP contribution in [0.25, 0.3) is 0 Å². The molecule has 130 valence electrons. The van der Waals surface area contributed by atoms with Crippen molar-refractivity contribution in [3.8, 4) is 5.75 Å². The Balaban J connectivity index is 1.73. The summed E-state index contributed by atoms with van der Waals surface area (Å²) in [5, 5.41) is 13.0. The Kier molecular flexibility index (Phi) is 6.05. The summed E-state index contributed by atoms with van der Waals surface area (Å²) >= 11 is 0. The molecule has 0 aliphatic carbocycles. The van der Waals surface area contributed by atoms with Crippen LogP contribution in [0.15, 0.2) is 48.5 Å². The van der Waals surface area contributed by atoms with Crippen LogP contribution >= 0.6 is 0 Å². The summed E-state index contributed by atoms with van der Waals surface area (Å²) in [6.07, 6.45) is 0. The van der Waals surface area contributed by atoms with Crippen molar-refractivity contribution in [2.75, 3.05) is 18.5 Å². The van der Waals surface area contributed by atoms with E-state index in [9.17, 15) is 19.7 Å². The molecule has 0 aliphatic heterocycles. The van der Waals surface area contributed by atoms with Gasteiger partial charge in [0.15, 0.2) is 13.2 Å². The number of nitrogens with one attached hydrogen (secondary N) is 1. The number of aryl methyl sites for hydroxylation is 1. The van der Waals surface area contributed by atoms with Gasteiger partial charge >= 0.3 is 5.97 Å². The Morgan fingerprint density at radius 2 is 1.84 bits per heavy atom. The first-order chi connectivity index (χ1) is 11.9. The molecule has 0 heterocycles. The van der Waals surface area contributed by atoms with E-state index in [2.05, 4.69) is 5.32 Å². The number of nitro groups is 1. The summed E-state index contributed by atoms with van der Waals surface area (Å²) in [5.74, 6) is -0.703. The minimum absolute atomic E-state index is 0.0854. The second kappa shape index (κ2) is 8.44. The van der Waals surface area contributed by atoms with E-state index in [1.54, 1.807) is 18.2 Å². The zero-order chi connectivity index (χ0) is 18.2. The van der Waals surface area contributed by atoms with E-state index >= 15 is 0 Å². The number of carbonyl (C=O) groups excluding carboxylic acids is 2. The van der Waals surface area contributed by atoms with Crippen molar-refractivity contribution in [3.63, 3.8) is 0 Å². The van der Waals surface area contributed by atoms with Gasteiger partial charge in [-0.1, -0.05) is 12.1 Å². The number of non-ortho nitro benzene ring substituents is 1. The first-order valence-corrected chi connectivity index (χ1v) is 7.33. The van der Waals surface area contributed by atoms with Gasteiger partial charge in [-0.15, -0.1) is 0 Å². The van der Waals surface area contributed by atoms with Crippen LogP contribution in [0.5, 0.6) is 5.75 Å². The zero-order valence-corrected chi connectivity index (χ0v) is 13.4. The van der Waals surface area contributed by atoms with Crippen LogP contribution in [0.1, 0.15) is 5.56 Å². The second-order valence-electron chi connectivity index (χ2n) is 5.12. The van der Waals surface area contributed by atoms with Crippen molar-refractivity contribution < 1.29 is 24.0 Å². The standard InChI is InChI=1S/C17H16N2O6/c1-12-3-2-4-15(9-12)24-11-17(21)25-10-16(20)18-13-5-7-14(8-6-13)19(22)23/h2-9H,10-11H2,1H3,(H,18,20). The fraction of sp³-hybridized carbons (Fsp3) is 0.176. The molecule has 0 fully saturated rings. The second-order valence-corrected chi connectivity index (χ2v) is 5.12. The molecule has 2 aromatic rings. The minimum Gasteiger partial charge on any atom is -0.482 e. The number of nitrogens with zero attached hydrogens (tertiary/aromatic N) is 1. The van der Waals surface area contributed by atoms with Crippen LogP contribution in [0.2, 0.25) is 0 Å². The van der Waals surface area contributed by atoms with Gasteiger partial charge in [-0.2, -0.15) is 0 Å². The Hall–Kier alpha value is -3.42. The molecule has 25 heavy (non-hydrogen) atoms. The molecular formula is C17H16N2O6. The van der Waals surface area contributed by atoms with Gasteiger partial charge in [-0.3, -0.25) is 14.9 Å². The third-order valence-corrected chi connectivity index (χ3v) is 3.07. The summed E-state index contributed by atoms with van der Waals surface area (Å²) in [6.45, 7) is 1.11. The molecule has 2 aromatic carbocycles. The Morgan fingerprint density at radius 1 is 1.12 bits per heavy atom. The van der Waals surface area contributed by atoms with Gasteiger partial charge in [-0.05, 0) is 36.8 Å². The number of amides is 1. The van der Waals surface area contributed by atoms with Gasteiger partial charge in [0.1, 0.15) is 5.75 Å². The summed E-state index contributed by atoms with van der Waals surface area (Å²) in [7, 11) is 0. The van der Waals surface area contributed by atoms with Crippen LogP contribution in [-0.2, 0) is 14.3 Å². The Bertz CT molecular complexity index is 773. The summed E-state index contributed by atoms with van der Waals surface area (Å²) in [4.78, 5) is 33.3. The SMILES string of the molecule is Cc1cccc(OCC(=O)OCC(=O)Nc2ccc([N+](=O)[O-])cc2)c1. The minimum atomic E-state index is -0.680. The number of ether oxygens (including phenoxy) is 2. The first-order valence-electron chi connectivity index (χ1n) is 7.33. The summed E-state index contributed by atoms with van der Waals surface area (Å²) < 4.78 is 10.1. The number of hydrogen-bond acceptors (Lipinski definition) is 6. The highest BCUT2D eigenvalue weighted by Crippen LogP contribution is 2.15. The van der Waals surface area contributed by atoms with Crippen molar-refractivity contribution in [1.29, 1.82) is 0 Å². The fourth-order valence-electron chi connectivity index (χ4n) is 1.90. The first kappa shape index (κ1) is 17.9. The molecule has 0 atom stereocenters. The highest BCUT2D eigenvalue weighted by molar-refractivity contribution is 5.92. The van der Waals surface area contributed by atoms with Crippen molar-refractivity contribution in [1.82, 2.24) is 0 Å². The predicted molar refractivity (Wildman–Crippen MR) is 89.4 cm³/mol. The van der Waals surface area contributed by atoms with E-state index in [4.69, 9.17) is 9.47 Å². The zero-order valence-electron chi connectivity index (χ0n) is 13.4. The van der Waals surface area contributed by atoms with E-state index in [1.165, 1.54) is 24.3 Å². The fourth-order valence-corrected chi connectivity index (χ4v) is 1.90. The lowest BCUT2D eigenvalue weighted by Gasteiger charge is -2.08. The van der Waals surface area contributed by atoms with Crippen LogP contribution in [0.4, 0.5) is 11.4 Å². The van der Waals surface area contributed by atoms with Gasteiger partial charge in [0.25, 0.3) is 11.6 Å². The Morgan fingerprint density at radius 3 is 2.48 bits per heavy atom. The van der Waals surface area contributed by atoms with E-state index < -0.39 is 23.4 Å². The molecule has 8 nitrogen and oxygen atoms in total. The third kappa shape index (κ3) is 5.94. The number of nitro benzene ring substituents is 1. The molecule has 0 saturated carbocycles. The van der Waals surface area contributed by atoms with Crippen molar-refractivity contribution in [3.05, 3.63) is 64.2 Å². The molecule has 0 aromatic heterocycles. The average molecular weight is 344 g/mol. The number of carbonyl (C=O) groups is 2. The normalized spacial score (nSPS) is 9.96. The lowest BCUT2D eigenvalue weighted by atomic mass is 10.2. The molecular weight excluding hydrogens is 328 g/mol. The van der Waals surface area contributed by atoms with Crippen LogP contribution in [0, 0.1) is 17.0 Å². The maximum absolute atomic E-state index is 11.7. The monoisotopic (exact) mass is 344 g/mol. The van der Waals surface area contributed by atoms with Gasteiger partial charge in [0.2, 0.25) is 0 Å². The van der Waals surface area contributed by atoms with Crippen molar-refractivity contribution >= 4 is 23.3 Å². The topological polar surface area (TPSA) is 108 Å². The highest BCUT2D eigenvalue weighted by atomic mass is 16.6. The lowest BCUT2D eigenvalue weighted by Crippen LogP contribution is -2.23. The molecule has 2 rings (SSSR count). The van der Waals surface area contributed by atoms with E-state index in [-0.39, 0.29) is 12.3 Å². The van der Waals surface area contributed by atoms with E-state index in [1.807, 2.05) is 13.0 Å². The molecule has 0 bridgehead atoms. The van der Waals surface area contributed by atoms with E-state index in [0.29, 0.717) is 11.4 Å².